The highest BCUT2D eigenvalue weighted by Gasteiger charge is 2.55. The van der Waals surface area contributed by atoms with Gasteiger partial charge in [0.25, 0.3) is 0 Å². The highest BCUT2D eigenvalue weighted by Crippen LogP contribution is 2.37. The Labute approximate surface area is 105 Å². The van der Waals surface area contributed by atoms with E-state index in [-0.39, 0.29) is 17.9 Å². The Morgan fingerprint density at radius 1 is 1.33 bits per heavy atom. The lowest BCUT2D eigenvalue weighted by atomic mass is 10.0. The minimum Gasteiger partial charge on any atom is -0.497 e. The van der Waals surface area contributed by atoms with E-state index in [9.17, 15) is 9.90 Å². The topological polar surface area (TPSA) is 49.5 Å². The first kappa shape index (κ1) is 11.4. The summed E-state index contributed by atoms with van der Waals surface area (Å²) in [5.74, 6) is 0.915. The zero-order chi connectivity index (χ0) is 12.7. The van der Waals surface area contributed by atoms with Gasteiger partial charge in [-0.05, 0) is 23.8 Å². The SMILES string of the molecule is COc1ccc(CN2[C@H]3[C@H](O)C=CC(=O)[C@H]32)cc1. The van der Waals surface area contributed by atoms with Crippen LogP contribution in [-0.2, 0) is 11.3 Å². The molecule has 1 aromatic rings. The van der Waals surface area contributed by atoms with E-state index in [1.807, 2.05) is 29.2 Å². The second-order valence-corrected chi connectivity index (χ2v) is 4.71. The molecule has 0 radical (unpaired) electrons. The minimum atomic E-state index is -0.522. The molecule has 2 aliphatic rings. The quantitative estimate of drug-likeness (QED) is 0.798. The Morgan fingerprint density at radius 2 is 2.06 bits per heavy atom. The number of aliphatic hydroxyl groups excluding tert-OH is 1. The van der Waals surface area contributed by atoms with Crippen molar-refractivity contribution in [2.45, 2.75) is 24.7 Å². The van der Waals surface area contributed by atoms with Crippen molar-refractivity contribution in [3.63, 3.8) is 0 Å². The van der Waals surface area contributed by atoms with Crippen molar-refractivity contribution in [2.24, 2.45) is 0 Å². The maximum atomic E-state index is 11.6. The van der Waals surface area contributed by atoms with Gasteiger partial charge >= 0.3 is 0 Å². The number of hydrogen-bond acceptors (Lipinski definition) is 4. The third-order valence-corrected chi connectivity index (χ3v) is 3.60. The van der Waals surface area contributed by atoms with Gasteiger partial charge in [-0.25, -0.2) is 0 Å². The molecule has 1 unspecified atom stereocenters. The van der Waals surface area contributed by atoms with Crippen molar-refractivity contribution >= 4 is 5.78 Å². The molecular formula is C14H15NO3. The van der Waals surface area contributed by atoms with E-state index in [1.165, 1.54) is 6.08 Å². The van der Waals surface area contributed by atoms with Gasteiger partial charge in [-0.3, -0.25) is 9.69 Å². The van der Waals surface area contributed by atoms with Gasteiger partial charge in [-0.1, -0.05) is 18.2 Å². The van der Waals surface area contributed by atoms with E-state index < -0.39 is 6.10 Å². The molecule has 3 rings (SSSR count). The molecule has 1 aliphatic carbocycles. The normalized spacial score (nSPS) is 33.1. The van der Waals surface area contributed by atoms with Gasteiger partial charge in [0.15, 0.2) is 5.78 Å². The number of aliphatic hydroxyl groups is 1. The predicted molar refractivity (Wildman–Crippen MR) is 66.3 cm³/mol. The molecule has 0 bridgehead atoms. The van der Waals surface area contributed by atoms with Crippen LogP contribution in [0.25, 0.3) is 0 Å². The Hall–Kier alpha value is -1.65. The highest BCUT2D eigenvalue weighted by atomic mass is 16.5. The highest BCUT2D eigenvalue weighted by molar-refractivity contribution is 5.98. The third-order valence-electron chi connectivity index (χ3n) is 3.60. The average molecular weight is 245 g/mol. The van der Waals surface area contributed by atoms with Crippen LogP contribution in [-0.4, -0.2) is 41.1 Å². The molecule has 0 spiro atoms. The van der Waals surface area contributed by atoms with Gasteiger partial charge in [0.2, 0.25) is 0 Å². The molecule has 1 heterocycles. The largest absolute Gasteiger partial charge is 0.497 e. The van der Waals surface area contributed by atoms with Gasteiger partial charge in [0.1, 0.15) is 5.75 Å². The third kappa shape index (κ3) is 1.83. The monoisotopic (exact) mass is 245 g/mol. The zero-order valence-electron chi connectivity index (χ0n) is 10.1. The van der Waals surface area contributed by atoms with E-state index >= 15 is 0 Å². The number of fused-ring (bicyclic) bond motifs is 1. The molecule has 4 atom stereocenters. The zero-order valence-corrected chi connectivity index (χ0v) is 10.1. The van der Waals surface area contributed by atoms with Gasteiger partial charge in [0.05, 0.1) is 25.3 Å². The Morgan fingerprint density at radius 3 is 2.67 bits per heavy atom. The summed E-state index contributed by atoms with van der Waals surface area (Å²) in [5, 5.41) is 9.77. The number of methoxy groups -OCH3 is 1. The number of ether oxygens (including phenoxy) is 1. The fraction of sp³-hybridized carbons (Fsp3) is 0.357. The summed E-state index contributed by atoms with van der Waals surface area (Å²) in [5.41, 5.74) is 1.12. The van der Waals surface area contributed by atoms with Crippen LogP contribution in [0.5, 0.6) is 5.75 Å². The Bertz CT molecular complexity index is 494. The van der Waals surface area contributed by atoms with Crippen molar-refractivity contribution < 1.29 is 14.6 Å². The molecule has 1 aliphatic heterocycles. The first-order chi connectivity index (χ1) is 8.70. The van der Waals surface area contributed by atoms with Crippen LogP contribution >= 0.6 is 0 Å². The predicted octanol–water partition coefficient (Wildman–Crippen LogP) is 0.748. The lowest BCUT2D eigenvalue weighted by Crippen LogP contribution is -2.22. The molecule has 1 fully saturated rings. The van der Waals surface area contributed by atoms with Crippen LogP contribution in [0.4, 0.5) is 0 Å². The fourth-order valence-corrected chi connectivity index (χ4v) is 2.56. The summed E-state index contributed by atoms with van der Waals surface area (Å²) < 4.78 is 5.10. The molecule has 1 aromatic carbocycles. The molecule has 0 amide bonds. The summed E-state index contributed by atoms with van der Waals surface area (Å²) in [4.78, 5) is 13.6. The molecule has 4 nitrogen and oxygen atoms in total. The number of carbonyl (C=O) groups is 1. The second-order valence-electron chi connectivity index (χ2n) is 4.71. The molecule has 0 aromatic heterocycles. The summed E-state index contributed by atoms with van der Waals surface area (Å²) in [6.45, 7) is 0.684. The van der Waals surface area contributed by atoms with Gasteiger partial charge in [-0.15, -0.1) is 0 Å². The Kier molecular flexibility index (Phi) is 2.69. The maximum absolute atomic E-state index is 11.6. The number of nitrogens with zero attached hydrogens (tertiary/aromatic N) is 1. The summed E-state index contributed by atoms with van der Waals surface area (Å²) in [6.07, 6.45) is 2.54. The molecule has 1 saturated heterocycles. The molecule has 4 heteroatoms. The molecule has 0 saturated carbocycles. The van der Waals surface area contributed by atoms with E-state index in [0.29, 0.717) is 6.54 Å². The van der Waals surface area contributed by atoms with Crippen LogP contribution in [0.15, 0.2) is 36.4 Å². The maximum Gasteiger partial charge on any atom is 0.174 e. The van der Waals surface area contributed by atoms with Crippen molar-refractivity contribution in [2.75, 3.05) is 7.11 Å². The van der Waals surface area contributed by atoms with Crippen molar-refractivity contribution in [1.82, 2.24) is 4.90 Å². The number of carbonyl (C=O) groups excluding carboxylic acids is 1. The van der Waals surface area contributed by atoms with Crippen LogP contribution in [0.2, 0.25) is 0 Å². The first-order valence-electron chi connectivity index (χ1n) is 5.99. The van der Waals surface area contributed by atoms with E-state index in [1.54, 1.807) is 13.2 Å². The number of rotatable bonds is 3. The number of ketones is 1. The minimum absolute atomic E-state index is 0.0374. The van der Waals surface area contributed by atoms with E-state index in [2.05, 4.69) is 0 Å². The summed E-state index contributed by atoms with van der Waals surface area (Å²) >= 11 is 0. The standard InChI is InChI=1S/C14H15NO3/c1-18-10-4-2-9(3-5-10)8-15-13-11(16)6-7-12(17)14(13)15/h2-7,11,13-14,16H,8H2,1H3/t11-,13+,14-,15?/m1/s1. The van der Waals surface area contributed by atoms with Crippen LogP contribution < -0.4 is 4.74 Å². The van der Waals surface area contributed by atoms with Crippen molar-refractivity contribution in [3.8, 4) is 5.75 Å². The lowest BCUT2D eigenvalue weighted by molar-refractivity contribution is -0.115. The van der Waals surface area contributed by atoms with Crippen LogP contribution in [0.1, 0.15) is 5.56 Å². The van der Waals surface area contributed by atoms with E-state index in [0.717, 1.165) is 11.3 Å². The molecular weight excluding hydrogens is 230 g/mol. The number of hydrogen-bond donors (Lipinski definition) is 1. The molecule has 18 heavy (non-hydrogen) atoms. The fourth-order valence-electron chi connectivity index (χ4n) is 2.56. The first-order valence-corrected chi connectivity index (χ1v) is 5.99. The molecule has 1 N–H and O–H groups in total. The van der Waals surface area contributed by atoms with Crippen molar-refractivity contribution in [1.29, 1.82) is 0 Å². The van der Waals surface area contributed by atoms with Crippen molar-refractivity contribution in [3.05, 3.63) is 42.0 Å². The average Bonchev–Trinajstić information content (AvgIpc) is 3.10. The van der Waals surface area contributed by atoms with Gasteiger partial charge in [-0.2, -0.15) is 0 Å². The van der Waals surface area contributed by atoms with Crippen LogP contribution in [0, 0.1) is 0 Å². The smallest absolute Gasteiger partial charge is 0.174 e. The number of benzene rings is 1. The second kappa shape index (κ2) is 4.23. The van der Waals surface area contributed by atoms with Gasteiger partial charge < -0.3 is 9.84 Å². The summed E-state index contributed by atoms with van der Waals surface area (Å²) in [6, 6.07) is 7.59. The van der Waals surface area contributed by atoms with Crippen LogP contribution in [0.3, 0.4) is 0 Å². The lowest BCUT2D eigenvalue weighted by Gasteiger charge is -2.07. The Balaban J connectivity index is 1.70. The molecule has 94 valence electrons. The summed E-state index contributed by atoms with van der Waals surface area (Å²) in [7, 11) is 1.63. The van der Waals surface area contributed by atoms with E-state index in [4.69, 9.17) is 4.74 Å². The van der Waals surface area contributed by atoms with Gasteiger partial charge in [0, 0.05) is 6.54 Å².